The maximum Gasteiger partial charge on any atom is 0.252 e. The standard InChI is InChI=1S/C17H22N6O/c1-18-15-6-8-20-17(22-15)23-9-3-4-13(12-23)10-21-16(24)14-5-2-7-19-11-14/h2,5-8,11,13H,3-4,9-10,12H2,1H3,(H,21,24)(H,18,20,22). The van der Waals surface area contributed by atoms with Gasteiger partial charge in [0.25, 0.3) is 5.91 Å². The predicted octanol–water partition coefficient (Wildman–Crippen LogP) is 1.56. The highest BCUT2D eigenvalue weighted by Crippen LogP contribution is 2.20. The second-order valence-electron chi connectivity index (χ2n) is 5.90. The molecule has 0 aromatic carbocycles. The van der Waals surface area contributed by atoms with Gasteiger partial charge in [-0.2, -0.15) is 4.98 Å². The Bertz CT molecular complexity index is 678. The van der Waals surface area contributed by atoms with Crippen LogP contribution >= 0.6 is 0 Å². The maximum atomic E-state index is 12.1. The molecule has 0 aliphatic carbocycles. The summed E-state index contributed by atoms with van der Waals surface area (Å²) in [5.41, 5.74) is 0.593. The highest BCUT2D eigenvalue weighted by Gasteiger charge is 2.22. The van der Waals surface area contributed by atoms with E-state index in [0.717, 1.165) is 37.7 Å². The summed E-state index contributed by atoms with van der Waals surface area (Å²) in [7, 11) is 1.85. The van der Waals surface area contributed by atoms with Crippen LogP contribution in [0.15, 0.2) is 36.8 Å². The smallest absolute Gasteiger partial charge is 0.252 e. The Morgan fingerprint density at radius 1 is 1.38 bits per heavy atom. The third kappa shape index (κ3) is 3.98. The fraction of sp³-hybridized carbons (Fsp3) is 0.412. The normalized spacial score (nSPS) is 17.4. The molecule has 1 fully saturated rings. The van der Waals surface area contributed by atoms with E-state index in [0.29, 0.717) is 18.0 Å². The van der Waals surface area contributed by atoms with Crippen molar-refractivity contribution in [1.29, 1.82) is 0 Å². The van der Waals surface area contributed by atoms with Crippen molar-refractivity contribution in [2.45, 2.75) is 12.8 Å². The Labute approximate surface area is 141 Å². The first-order valence-corrected chi connectivity index (χ1v) is 8.20. The van der Waals surface area contributed by atoms with Gasteiger partial charge >= 0.3 is 0 Å². The van der Waals surface area contributed by atoms with Crippen LogP contribution in [0.5, 0.6) is 0 Å². The topological polar surface area (TPSA) is 83.0 Å². The van der Waals surface area contributed by atoms with Gasteiger partial charge in [0, 0.05) is 45.3 Å². The largest absolute Gasteiger partial charge is 0.373 e. The zero-order chi connectivity index (χ0) is 16.8. The van der Waals surface area contributed by atoms with Gasteiger partial charge in [-0.3, -0.25) is 9.78 Å². The van der Waals surface area contributed by atoms with Crippen molar-refractivity contribution >= 4 is 17.7 Å². The van der Waals surface area contributed by atoms with Gasteiger partial charge in [-0.25, -0.2) is 4.98 Å². The summed E-state index contributed by atoms with van der Waals surface area (Å²) in [5, 5.41) is 6.04. The average Bonchev–Trinajstić information content (AvgIpc) is 2.67. The molecule has 7 nitrogen and oxygen atoms in total. The molecule has 0 radical (unpaired) electrons. The molecule has 1 aliphatic rings. The summed E-state index contributed by atoms with van der Waals surface area (Å²) >= 11 is 0. The predicted molar refractivity (Wildman–Crippen MR) is 93.1 cm³/mol. The summed E-state index contributed by atoms with van der Waals surface area (Å²) in [6.45, 7) is 2.44. The molecule has 3 rings (SSSR count). The first kappa shape index (κ1) is 16.2. The number of nitrogens with one attached hydrogen (secondary N) is 2. The first-order chi connectivity index (χ1) is 11.8. The molecule has 1 unspecified atom stereocenters. The van der Waals surface area contributed by atoms with Crippen LogP contribution in [0.4, 0.5) is 11.8 Å². The molecule has 1 aliphatic heterocycles. The highest BCUT2D eigenvalue weighted by atomic mass is 16.1. The number of anilines is 2. The Balaban J connectivity index is 1.56. The summed E-state index contributed by atoms with van der Waals surface area (Å²) in [6, 6.07) is 5.38. The van der Waals surface area contributed by atoms with Crippen molar-refractivity contribution in [3.8, 4) is 0 Å². The van der Waals surface area contributed by atoms with Gasteiger partial charge in [0.15, 0.2) is 0 Å². The van der Waals surface area contributed by atoms with Crippen molar-refractivity contribution in [2.75, 3.05) is 36.9 Å². The van der Waals surface area contributed by atoms with Gasteiger partial charge in [-0.1, -0.05) is 0 Å². The van der Waals surface area contributed by atoms with E-state index in [2.05, 4.69) is 30.5 Å². The second-order valence-corrected chi connectivity index (χ2v) is 5.90. The number of hydrogen-bond acceptors (Lipinski definition) is 6. The van der Waals surface area contributed by atoms with Crippen LogP contribution in [0.1, 0.15) is 23.2 Å². The van der Waals surface area contributed by atoms with Crippen LogP contribution in [0.3, 0.4) is 0 Å². The molecule has 126 valence electrons. The van der Waals surface area contributed by atoms with Crippen LogP contribution in [0.25, 0.3) is 0 Å². The van der Waals surface area contributed by atoms with Gasteiger partial charge in [-0.15, -0.1) is 0 Å². The monoisotopic (exact) mass is 326 g/mol. The lowest BCUT2D eigenvalue weighted by atomic mass is 9.98. The molecule has 0 bridgehead atoms. The fourth-order valence-electron chi connectivity index (χ4n) is 2.89. The van der Waals surface area contributed by atoms with Crippen molar-refractivity contribution in [3.63, 3.8) is 0 Å². The van der Waals surface area contributed by atoms with E-state index >= 15 is 0 Å². The van der Waals surface area contributed by atoms with Crippen molar-refractivity contribution in [3.05, 3.63) is 42.4 Å². The first-order valence-electron chi connectivity index (χ1n) is 8.20. The second kappa shape index (κ2) is 7.72. The fourth-order valence-corrected chi connectivity index (χ4v) is 2.89. The van der Waals surface area contributed by atoms with E-state index < -0.39 is 0 Å². The number of carbonyl (C=O) groups is 1. The van der Waals surface area contributed by atoms with E-state index in [1.807, 2.05) is 13.1 Å². The third-order valence-electron chi connectivity index (χ3n) is 4.18. The van der Waals surface area contributed by atoms with E-state index in [4.69, 9.17) is 0 Å². The van der Waals surface area contributed by atoms with Crippen LogP contribution in [0, 0.1) is 5.92 Å². The van der Waals surface area contributed by atoms with Gasteiger partial charge in [0.1, 0.15) is 5.82 Å². The lowest BCUT2D eigenvalue weighted by molar-refractivity contribution is 0.0945. The highest BCUT2D eigenvalue weighted by molar-refractivity contribution is 5.93. The quantitative estimate of drug-likeness (QED) is 0.867. The minimum Gasteiger partial charge on any atom is -0.373 e. The van der Waals surface area contributed by atoms with Gasteiger partial charge in [-0.05, 0) is 37.0 Å². The Hall–Kier alpha value is -2.70. The number of aromatic nitrogens is 3. The molecular formula is C17H22N6O. The maximum absolute atomic E-state index is 12.1. The Morgan fingerprint density at radius 2 is 2.29 bits per heavy atom. The molecule has 24 heavy (non-hydrogen) atoms. The van der Waals surface area contributed by atoms with Gasteiger partial charge in [0.05, 0.1) is 5.56 Å². The Morgan fingerprint density at radius 3 is 3.08 bits per heavy atom. The molecule has 7 heteroatoms. The SMILES string of the molecule is CNc1ccnc(N2CCCC(CNC(=O)c3cccnc3)C2)n1. The number of amides is 1. The molecule has 1 atom stereocenters. The molecule has 2 N–H and O–H groups in total. The van der Waals surface area contributed by atoms with Crippen LogP contribution in [-0.4, -0.2) is 47.5 Å². The zero-order valence-corrected chi connectivity index (χ0v) is 13.8. The number of rotatable bonds is 5. The summed E-state index contributed by atoms with van der Waals surface area (Å²) in [5.74, 6) is 1.87. The molecule has 3 heterocycles. The minimum absolute atomic E-state index is 0.0753. The van der Waals surface area contributed by atoms with Crippen LogP contribution < -0.4 is 15.5 Å². The molecular weight excluding hydrogens is 304 g/mol. The number of pyridine rings is 1. The van der Waals surface area contributed by atoms with Gasteiger partial charge in [0.2, 0.25) is 5.95 Å². The van der Waals surface area contributed by atoms with Gasteiger partial charge < -0.3 is 15.5 Å². The van der Waals surface area contributed by atoms with Crippen LogP contribution in [0.2, 0.25) is 0 Å². The van der Waals surface area contributed by atoms with E-state index in [9.17, 15) is 4.79 Å². The molecule has 2 aromatic rings. The van der Waals surface area contributed by atoms with Crippen molar-refractivity contribution in [2.24, 2.45) is 5.92 Å². The molecule has 0 saturated carbocycles. The van der Waals surface area contributed by atoms with E-state index in [1.165, 1.54) is 0 Å². The number of carbonyl (C=O) groups excluding carboxylic acids is 1. The third-order valence-corrected chi connectivity index (χ3v) is 4.18. The summed E-state index contributed by atoms with van der Waals surface area (Å²) in [6.07, 6.45) is 7.17. The average molecular weight is 326 g/mol. The lowest BCUT2D eigenvalue weighted by Gasteiger charge is -2.32. The number of piperidine rings is 1. The molecule has 0 spiro atoms. The minimum atomic E-state index is -0.0753. The Kier molecular flexibility index (Phi) is 5.20. The summed E-state index contributed by atoms with van der Waals surface area (Å²) in [4.78, 5) is 27.2. The number of hydrogen-bond donors (Lipinski definition) is 2. The van der Waals surface area contributed by atoms with E-state index in [-0.39, 0.29) is 5.91 Å². The summed E-state index contributed by atoms with van der Waals surface area (Å²) < 4.78 is 0. The molecule has 2 aromatic heterocycles. The van der Waals surface area contributed by atoms with Crippen molar-refractivity contribution in [1.82, 2.24) is 20.3 Å². The molecule has 1 amide bonds. The lowest BCUT2D eigenvalue weighted by Crippen LogP contribution is -2.41. The van der Waals surface area contributed by atoms with Crippen LogP contribution in [-0.2, 0) is 0 Å². The molecule has 1 saturated heterocycles. The number of nitrogens with zero attached hydrogens (tertiary/aromatic N) is 4. The van der Waals surface area contributed by atoms with Crippen molar-refractivity contribution < 1.29 is 4.79 Å². The zero-order valence-electron chi connectivity index (χ0n) is 13.8. The van der Waals surface area contributed by atoms with E-state index in [1.54, 1.807) is 30.7 Å².